The Morgan fingerprint density at radius 3 is 2.85 bits per heavy atom. The second-order valence-electron chi connectivity index (χ2n) is 4.41. The van der Waals surface area contributed by atoms with Crippen LogP contribution in [0.15, 0.2) is 16.0 Å². The number of hydrogen-bond acceptors (Lipinski definition) is 5. The van der Waals surface area contributed by atoms with E-state index in [0.717, 1.165) is 22.2 Å². The molecule has 0 saturated carbocycles. The van der Waals surface area contributed by atoms with E-state index in [1.165, 1.54) is 9.44 Å². The van der Waals surface area contributed by atoms with Crippen molar-refractivity contribution in [2.45, 2.75) is 32.0 Å². The minimum Gasteiger partial charge on any atom is -0.481 e. The third-order valence-electron chi connectivity index (χ3n) is 2.91. The fourth-order valence-corrected chi connectivity index (χ4v) is 3.82. The van der Waals surface area contributed by atoms with Gasteiger partial charge in [-0.3, -0.25) is 9.36 Å². The first kappa shape index (κ1) is 14.9. The van der Waals surface area contributed by atoms with Gasteiger partial charge in [-0.1, -0.05) is 11.8 Å². The molecule has 2 rings (SSSR count). The third-order valence-corrected chi connectivity index (χ3v) is 4.83. The highest BCUT2D eigenvalue weighted by atomic mass is 32.2. The molecule has 0 amide bonds. The molecule has 0 aliphatic carbocycles. The van der Waals surface area contributed by atoms with E-state index in [2.05, 4.69) is 16.3 Å². The van der Waals surface area contributed by atoms with Gasteiger partial charge in [-0.05, 0) is 32.4 Å². The van der Waals surface area contributed by atoms with Gasteiger partial charge in [0.25, 0.3) is 0 Å². The minimum absolute atomic E-state index is 0.126. The molecule has 0 aliphatic heterocycles. The molecule has 2 N–H and O–H groups in total. The van der Waals surface area contributed by atoms with E-state index in [1.807, 2.05) is 20.8 Å². The maximum Gasteiger partial charge on any atom is 0.344 e. The summed E-state index contributed by atoms with van der Waals surface area (Å²) in [6.07, 6.45) is 0. The topological polar surface area (TPSA) is 88.0 Å². The number of aliphatic carboxylic acids is 1. The third kappa shape index (κ3) is 2.96. The number of aryl methyl sites for hydroxylation is 2. The molecule has 0 aliphatic rings. The minimum atomic E-state index is -0.938. The van der Waals surface area contributed by atoms with Crippen LogP contribution in [0.25, 0.3) is 0 Å². The average Bonchev–Trinajstić information content (AvgIpc) is 2.89. The first-order valence-electron chi connectivity index (χ1n) is 5.98. The van der Waals surface area contributed by atoms with Crippen LogP contribution in [0.2, 0.25) is 0 Å². The number of carboxylic acid groups (broad SMARTS) is 1. The van der Waals surface area contributed by atoms with Crippen LogP contribution in [0.4, 0.5) is 0 Å². The van der Waals surface area contributed by atoms with Crippen molar-refractivity contribution >= 4 is 29.1 Å². The number of aromatic amines is 1. The van der Waals surface area contributed by atoms with Crippen molar-refractivity contribution in [2.24, 2.45) is 0 Å². The molecular formula is C12H15N3O3S2. The molecule has 0 aromatic carbocycles. The maximum absolute atomic E-state index is 11.9. The predicted octanol–water partition coefficient (Wildman–Crippen LogP) is 2.04. The number of carboxylic acids is 1. The van der Waals surface area contributed by atoms with Gasteiger partial charge in [-0.25, -0.2) is 9.89 Å². The Morgan fingerprint density at radius 1 is 1.60 bits per heavy atom. The van der Waals surface area contributed by atoms with E-state index in [0.29, 0.717) is 5.16 Å². The second-order valence-corrected chi connectivity index (χ2v) is 6.81. The summed E-state index contributed by atoms with van der Waals surface area (Å²) in [6.45, 7) is 5.95. The van der Waals surface area contributed by atoms with Crippen LogP contribution in [0.5, 0.6) is 0 Å². The summed E-state index contributed by atoms with van der Waals surface area (Å²) in [4.78, 5) is 24.9. The van der Waals surface area contributed by atoms with Crippen molar-refractivity contribution in [3.05, 3.63) is 31.9 Å². The quantitative estimate of drug-likeness (QED) is 0.825. The smallest absolute Gasteiger partial charge is 0.344 e. The van der Waals surface area contributed by atoms with Crippen LogP contribution >= 0.6 is 23.1 Å². The summed E-state index contributed by atoms with van der Waals surface area (Å²) in [6, 6.07) is 1.87. The highest BCUT2D eigenvalue weighted by Crippen LogP contribution is 2.29. The van der Waals surface area contributed by atoms with Crippen LogP contribution in [-0.4, -0.2) is 31.6 Å². The molecule has 2 aromatic rings. The summed E-state index contributed by atoms with van der Waals surface area (Å²) in [7, 11) is 0. The summed E-state index contributed by atoms with van der Waals surface area (Å²) < 4.78 is 1.50. The van der Waals surface area contributed by atoms with Crippen molar-refractivity contribution in [1.82, 2.24) is 14.8 Å². The molecular weight excluding hydrogens is 298 g/mol. The molecule has 1 atom stereocenters. The van der Waals surface area contributed by atoms with Crippen molar-refractivity contribution in [3.63, 3.8) is 0 Å². The lowest BCUT2D eigenvalue weighted by Gasteiger charge is -2.14. The zero-order valence-electron chi connectivity index (χ0n) is 11.3. The van der Waals surface area contributed by atoms with Crippen LogP contribution in [0, 0.1) is 13.8 Å². The Balaban J connectivity index is 2.36. The van der Waals surface area contributed by atoms with Gasteiger partial charge >= 0.3 is 11.7 Å². The summed E-state index contributed by atoms with van der Waals surface area (Å²) in [5, 5.41) is 15.4. The molecule has 0 fully saturated rings. The molecule has 20 heavy (non-hydrogen) atoms. The molecule has 8 heteroatoms. The summed E-state index contributed by atoms with van der Waals surface area (Å²) in [5.41, 5.74) is 0.738. The lowest BCUT2D eigenvalue weighted by atomic mass is 10.1. The normalized spacial score (nSPS) is 12.6. The van der Waals surface area contributed by atoms with E-state index in [9.17, 15) is 9.59 Å². The highest BCUT2D eigenvalue weighted by molar-refractivity contribution is 7.99. The van der Waals surface area contributed by atoms with E-state index in [1.54, 1.807) is 11.3 Å². The van der Waals surface area contributed by atoms with Gasteiger partial charge in [0.15, 0.2) is 5.16 Å². The van der Waals surface area contributed by atoms with Crippen LogP contribution in [0.3, 0.4) is 0 Å². The Morgan fingerprint density at radius 2 is 2.30 bits per heavy atom. The van der Waals surface area contributed by atoms with Gasteiger partial charge in [0, 0.05) is 9.75 Å². The van der Waals surface area contributed by atoms with E-state index < -0.39 is 5.97 Å². The van der Waals surface area contributed by atoms with Gasteiger partial charge < -0.3 is 5.11 Å². The van der Waals surface area contributed by atoms with Gasteiger partial charge in [0.05, 0.1) is 11.8 Å². The zero-order valence-corrected chi connectivity index (χ0v) is 13.0. The number of nitrogens with one attached hydrogen (secondary N) is 1. The molecule has 2 aromatic heterocycles. The van der Waals surface area contributed by atoms with Gasteiger partial charge in [0.1, 0.15) is 0 Å². The van der Waals surface area contributed by atoms with Gasteiger partial charge in [0.2, 0.25) is 0 Å². The Hall–Kier alpha value is -1.54. The monoisotopic (exact) mass is 313 g/mol. The lowest BCUT2D eigenvalue weighted by Crippen LogP contribution is -2.22. The highest BCUT2D eigenvalue weighted by Gasteiger charge is 2.20. The zero-order chi connectivity index (χ0) is 14.9. The molecule has 0 radical (unpaired) electrons. The lowest BCUT2D eigenvalue weighted by molar-refractivity contribution is -0.133. The number of hydrogen-bond donors (Lipinski definition) is 2. The largest absolute Gasteiger partial charge is 0.481 e. The Kier molecular flexibility index (Phi) is 4.34. The predicted molar refractivity (Wildman–Crippen MR) is 78.8 cm³/mol. The van der Waals surface area contributed by atoms with E-state index in [-0.39, 0.29) is 17.5 Å². The first-order chi connectivity index (χ1) is 9.40. The van der Waals surface area contributed by atoms with Crippen LogP contribution in [0.1, 0.15) is 28.3 Å². The second kappa shape index (κ2) is 5.84. The fraction of sp³-hybridized carbons (Fsp3) is 0.417. The molecule has 0 spiro atoms. The molecule has 0 bridgehead atoms. The average molecular weight is 313 g/mol. The van der Waals surface area contributed by atoms with E-state index in [4.69, 9.17) is 5.11 Å². The van der Waals surface area contributed by atoms with Gasteiger partial charge in [-0.2, -0.15) is 0 Å². The van der Waals surface area contributed by atoms with Gasteiger partial charge in [-0.15, -0.1) is 16.4 Å². The van der Waals surface area contributed by atoms with Crippen LogP contribution in [-0.2, 0) is 4.79 Å². The summed E-state index contributed by atoms with van der Waals surface area (Å²) in [5.74, 6) is -1.06. The van der Waals surface area contributed by atoms with Crippen molar-refractivity contribution in [1.29, 1.82) is 0 Å². The Labute approximate surface area is 123 Å². The Bertz CT molecular complexity index is 686. The number of carbonyl (C=O) groups is 1. The number of nitrogens with zero attached hydrogens (tertiary/aromatic N) is 2. The first-order valence-corrected chi connectivity index (χ1v) is 7.78. The van der Waals surface area contributed by atoms with E-state index >= 15 is 0 Å². The molecule has 0 saturated heterocycles. The number of rotatable bonds is 5. The van der Waals surface area contributed by atoms with Crippen LogP contribution < -0.4 is 5.69 Å². The maximum atomic E-state index is 11.9. The van der Waals surface area contributed by atoms with Crippen molar-refractivity contribution in [3.8, 4) is 0 Å². The molecule has 1 unspecified atom stereocenters. The molecule has 6 nitrogen and oxygen atoms in total. The van der Waals surface area contributed by atoms with Crippen molar-refractivity contribution in [2.75, 3.05) is 5.75 Å². The number of aromatic nitrogens is 3. The number of H-pyrrole nitrogens is 1. The fourth-order valence-electron chi connectivity index (χ4n) is 2.06. The van der Waals surface area contributed by atoms with Crippen molar-refractivity contribution < 1.29 is 9.90 Å². The number of thiophene rings is 1. The molecule has 2 heterocycles. The standard InChI is InChI=1S/C12H15N3O3S2/c1-6-4-9(8(3)20-6)7(2)15-11(18)13-14-12(15)19-5-10(16)17/h4,7H,5H2,1-3H3,(H,13,18)(H,16,17). The number of thioether (sulfide) groups is 1. The molecule has 108 valence electrons. The SMILES string of the molecule is Cc1cc(C(C)n2c(SCC(=O)O)n[nH]c2=O)c(C)s1. The summed E-state index contributed by atoms with van der Waals surface area (Å²) >= 11 is 2.71.